The molecule has 1 fully saturated rings. The molecule has 1 aliphatic heterocycles. The highest BCUT2D eigenvalue weighted by molar-refractivity contribution is 5.43. The maximum absolute atomic E-state index is 11.7. The molecule has 0 spiro atoms. The molecule has 0 aliphatic carbocycles. The van der Waals surface area contributed by atoms with Gasteiger partial charge >= 0.3 is 5.69 Å². The highest BCUT2D eigenvalue weighted by Crippen LogP contribution is 2.29. The summed E-state index contributed by atoms with van der Waals surface area (Å²) < 4.78 is 11.1. The molecule has 1 unspecified atom stereocenters. The van der Waals surface area contributed by atoms with Gasteiger partial charge in [-0.15, -0.1) is 0 Å². The number of methoxy groups -OCH3 is 1. The maximum Gasteiger partial charge on any atom is 0.351 e. The first-order valence-electron chi connectivity index (χ1n) is 5.54. The number of aromatic nitrogens is 2. The summed E-state index contributed by atoms with van der Waals surface area (Å²) in [5, 5.41) is 28.4. The molecule has 9 heteroatoms. The Labute approximate surface area is 107 Å². The minimum atomic E-state index is -1.37. The Kier molecular flexibility index (Phi) is 3.71. The average Bonchev–Trinajstić information content (AvgIpc) is 2.67. The molecule has 2 rings (SSSR count). The molecule has 2 heterocycles. The number of nitrogens with two attached hydrogens (primary N) is 1. The van der Waals surface area contributed by atoms with Crippen LogP contribution < -0.4 is 16.2 Å². The van der Waals surface area contributed by atoms with E-state index in [0.717, 1.165) is 4.57 Å². The summed E-state index contributed by atoms with van der Waals surface area (Å²) in [7, 11) is 1.35. The first-order valence-corrected chi connectivity index (χ1v) is 5.54. The van der Waals surface area contributed by atoms with Gasteiger partial charge in [-0.3, -0.25) is 4.57 Å². The number of ether oxygens (including phenoxy) is 2. The van der Waals surface area contributed by atoms with E-state index in [9.17, 15) is 15.0 Å². The average molecular weight is 273 g/mol. The van der Waals surface area contributed by atoms with E-state index in [1.165, 1.54) is 13.3 Å². The van der Waals surface area contributed by atoms with E-state index in [0.29, 0.717) is 0 Å². The van der Waals surface area contributed by atoms with Crippen LogP contribution in [0.5, 0.6) is 5.75 Å². The zero-order chi connectivity index (χ0) is 14.2. The van der Waals surface area contributed by atoms with Crippen LogP contribution in [0.2, 0.25) is 0 Å². The monoisotopic (exact) mass is 273 g/mol. The SMILES string of the molecule is COc1cn([C@@H]2O[C@H](CO)[C@H](O)C2O)c(=O)nc1N. The summed E-state index contributed by atoms with van der Waals surface area (Å²) in [5.41, 5.74) is 4.72. The minimum Gasteiger partial charge on any atom is -0.491 e. The predicted octanol–water partition coefficient (Wildman–Crippen LogP) is -2.55. The number of hydrogen-bond acceptors (Lipinski definition) is 8. The van der Waals surface area contributed by atoms with Gasteiger partial charge in [0.1, 0.15) is 18.3 Å². The summed E-state index contributed by atoms with van der Waals surface area (Å²) in [6.07, 6.45) is -3.59. The van der Waals surface area contributed by atoms with Crippen LogP contribution in [-0.4, -0.2) is 56.9 Å². The summed E-state index contributed by atoms with van der Waals surface area (Å²) in [5.74, 6) is 0.0489. The number of aliphatic hydroxyl groups is 3. The maximum atomic E-state index is 11.7. The van der Waals surface area contributed by atoms with Gasteiger partial charge in [0, 0.05) is 0 Å². The zero-order valence-electron chi connectivity index (χ0n) is 10.1. The zero-order valence-corrected chi connectivity index (χ0v) is 10.1. The van der Waals surface area contributed by atoms with Gasteiger partial charge in [0.05, 0.1) is 19.9 Å². The molecule has 0 saturated carbocycles. The Balaban J connectivity index is 2.40. The molecule has 5 N–H and O–H groups in total. The van der Waals surface area contributed by atoms with Crippen molar-refractivity contribution in [3.05, 3.63) is 16.7 Å². The summed E-state index contributed by atoms with van der Waals surface area (Å²) >= 11 is 0. The van der Waals surface area contributed by atoms with Crippen molar-refractivity contribution in [1.29, 1.82) is 0 Å². The third kappa shape index (κ3) is 2.28. The molecule has 106 valence electrons. The normalized spacial score (nSPS) is 30.5. The molecule has 1 aromatic heterocycles. The Morgan fingerprint density at radius 2 is 2.21 bits per heavy atom. The molecule has 1 aliphatic rings. The smallest absolute Gasteiger partial charge is 0.351 e. The van der Waals surface area contributed by atoms with Gasteiger partial charge in [-0.05, 0) is 0 Å². The fourth-order valence-corrected chi connectivity index (χ4v) is 1.91. The lowest BCUT2D eigenvalue weighted by Crippen LogP contribution is -2.36. The van der Waals surface area contributed by atoms with Gasteiger partial charge in [0.2, 0.25) is 0 Å². The molecular formula is C10H15N3O6. The lowest BCUT2D eigenvalue weighted by Gasteiger charge is -2.18. The first kappa shape index (κ1) is 13.7. The van der Waals surface area contributed by atoms with Gasteiger partial charge in [-0.2, -0.15) is 4.98 Å². The lowest BCUT2D eigenvalue weighted by molar-refractivity contribution is -0.0551. The number of hydrogen-bond donors (Lipinski definition) is 4. The predicted molar refractivity (Wildman–Crippen MR) is 62.5 cm³/mol. The summed E-state index contributed by atoms with van der Waals surface area (Å²) in [6.45, 7) is -0.483. The minimum absolute atomic E-state index is 0.0875. The van der Waals surface area contributed by atoms with Crippen molar-refractivity contribution in [3.63, 3.8) is 0 Å². The van der Waals surface area contributed by atoms with Crippen LogP contribution in [-0.2, 0) is 4.74 Å². The fraction of sp³-hybridized carbons (Fsp3) is 0.600. The topological polar surface area (TPSA) is 140 Å². The standard InChI is InChI=1S/C10H15N3O6/c1-18-4-2-13(10(17)12-8(4)11)9-7(16)6(15)5(3-14)19-9/h2,5-7,9,14-16H,3H2,1H3,(H2,11,12,17)/t5-,6+,7?,9-/m1/s1. The molecule has 1 aromatic rings. The van der Waals surface area contributed by atoms with E-state index in [-0.39, 0.29) is 11.6 Å². The Bertz CT molecular complexity index is 518. The number of rotatable bonds is 3. The molecular weight excluding hydrogens is 258 g/mol. The van der Waals surface area contributed by atoms with Crippen molar-refractivity contribution in [2.24, 2.45) is 0 Å². The van der Waals surface area contributed by atoms with Gasteiger partial charge in [-0.1, -0.05) is 0 Å². The van der Waals surface area contributed by atoms with Crippen molar-refractivity contribution < 1.29 is 24.8 Å². The first-order chi connectivity index (χ1) is 8.99. The molecule has 0 bridgehead atoms. The van der Waals surface area contributed by atoms with E-state index in [4.69, 9.17) is 20.3 Å². The van der Waals surface area contributed by atoms with Crippen LogP contribution >= 0.6 is 0 Å². The Morgan fingerprint density at radius 1 is 1.53 bits per heavy atom. The summed E-state index contributed by atoms with van der Waals surface area (Å²) in [6, 6.07) is 0. The highest BCUT2D eigenvalue weighted by Gasteiger charge is 2.43. The largest absolute Gasteiger partial charge is 0.491 e. The van der Waals surface area contributed by atoms with Crippen LogP contribution in [0.25, 0.3) is 0 Å². The number of nitrogens with zero attached hydrogens (tertiary/aromatic N) is 2. The van der Waals surface area contributed by atoms with Gasteiger partial charge in [-0.25, -0.2) is 4.79 Å². The van der Waals surface area contributed by atoms with Crippen molar-refractivity contribution in [2.45, 2.75) is 24.5 Å². The van der Waals surface area contributed by atoms with Crippen molar-refractivity contribution in [1.82, 2.24) is 9.55 Å². The fourth-order valence-electron chi connectivity index (χ4n) is 1.91. The van der Waals surface area contributed by atoms with Crippen molar-refractivity contribution in [3.8, 4) is 5.75 Å². The van der Waals surface area contributed by atoms with Crippen molar-refractivity contribution >= 4 is 5.82 Å². The van der Waals surface area contributed by atoms with Crippen LogP contribution in [0.1, 0.15) is 6.23 Å². The summed E-state index contributed by atoms with van der Waals surface area (Å²) in [4.78, 5) is 15.2. The Hall–Kier alpha value is -1.68. The van der Waals surface area contributed by atoms with E-state index in [1.807, 2.05) is 0 Å². The highest BCUT2D eigenvalue weighted by atomic mass is 16.6. The number of anilines is 1. The molecule has 0 amide bonds. The van der Waals surface area contributed by atoms with Gasteiger partial charge in [0.25, 0.3) is 0 Å². The van der Waals surface area contributed by atoms with Crippen LogP contribution in [0.4, 0.5) is 5.82 Å². The van der Waals surface area contributed by atoms with E-state index < -0.39 is 36.8 Å². The second-order valence-electron chi connectivity index (χ2n) is 4.11. The second kappa shape index (κ2) is 5.13. The molecule has 9 nitrogen and oxygen atoms in total. The Morgan fingerprint density at radius 3 is 2.74 bits per heavy atom. The second-order valence-corrected chi connectivity index (χ2v) is 4.11. The van der Waals surface area contributed by atoms with Crippen molar-refractivity contribution in [2.75, 3.05) is 19.5 Å². The van der Waals surface area contributed by atoms with E-state index in [2.05, 4.69) is 4.98 Å². The van der Waals surface area contributed by atoms with E-state index >= 15 is 0 Å². The number of aliphatic hydroxyl groups excluding tert-OH is 3. The molecule has 4 atom stereocenters. The van der Waals surface area contributed by atoms with Crippen LogP contribution in [0, 0.1) is 0 Å². The van der Waals surface area contributed by atoms with Gasteiger partial charge < -0.3 is 30.5 Å². The molecule has 0 aromatic carbocycles. The van der Waals surface area contributed by atoms with E-state index in [1.54, 1.807) is 0 Å². The molecule has 19 heavy (non-hydrogen) atoms. The molecule has 0 radical (unpaired) electrons. The van der Waals surface area contributed by atoms with Gasteiger partial charge in [0.15, 0.2) is 17.8 Å². The number of nitrogen functional groups attached to an aromatic ring is 1. The quantitative estimate of drug-likeness (QED) is 0.471. The lowest BCUT2D eigenvalue weighted by atomic mass is 10.1. The third-order valence-corrected chi connectivity index (χ3v) is 2.96. The third-order valence-electron chi connectivity index (χ3n) is 2.96. The van der Waals surface area contributed by atoms with Crippen LogP contribution in [0.15, 0.2) is 11.0 Å². The van der Waals surface area contributed by atoms with Crippen LogP contribution in [0.3, 0.4) is 0 Å². The molecule has 1 saturated heterocycles.